The van der Waals surface area contributed by atoms with Gasteiger partial charge in [-0.15, -0.1) is 22.0 Å². The first kappa shape index (κ1) is 29.2. The van der Waals surface area contributed by atoms with E-state index >= 15 is 0 Å². The summed E-state index contributed by atoms with van der Waals surface area (Å²) < 4.78 is 0.843. The normalized spacial score (nSPS) is 11.9. The molecule has 1 unspecified atom stereocenters. The highest BCUT2D eigenvalue weighted by molar-refractivity contribution is 9.10. The lowest BCUT2D eigenvalue weighted by Gasteiger charge is -2.15. The molecule has 1 atom stereocenters. The van der Waals surface area contributed by atoms with Gasteiger partial charge in [0.1, 0.15) is 10.7 Å². The van der Waals surface area contributed by atoms with Crippen molar-refractivity contribution >= 4 is 73.6 Å². The topological polar surface area (TPSA) is 113 Å². The first-order chi connectivity index (χ1) is 19.3. The number of hydrogen-bond donors (Lipinski definition) is 3. The van der Waals surface area contributed by atoms with E-state index in [1.165, 1.54) is 23.1 Å². The van der Waals surface area contributed by atoms with Crippen molar-refractivity contribution in [3.8, 4) is 0 Å². The number of halogens is 1. The van der Waals surface area contributed by atoms with Crippen LogP contribution in [0.4, 0.5) is 10.8 Å². The molecule has 8 nitrogen and oxygen atoms in total. The smallest absolute Gasteiger partial charge is 0.272 e. The van der Waals surface area contributed by atoms with Crippen LogP contribution in [-0.2, 0) is 9.59 Å². The second kappa shape index (κ2) is 14.0. The molecule has 0 fully saturated rings. The summed E-state index contributed by atoms with van der Waals surface area (Å²) in [6, 6.07) is 23.3. The Hall–Kier alpha value is -3.80. The van der Waals surface area contributed by atoms with Gasteiger partial charge >= 0.3 is 0 Å². The van der Waals surface area contributed by atoms with Crippen molar-refractivity contribution in [2.24, 2.45) is 0 Å². The Bertz CT molecular complexity index is 1540. The first-order valence-corrected chi connectivity index (χ1v) is 14.8. The van der Waals surface area contributed by atoms with E-state index in [9.17, 15) is 14.4 Å². The Kier molecular flexibility index (Phi) is 10.2. The molecule has 40 heavy (non-hydrogen) atoms. The maximum atomic E-state index is 13.4. The summed E-state index contributed by atoms with van der Waals surface area (Å²) in [5.74, 6) is -1.05. The van der Waals surface area contributed by atoms with Crippen molar-refractivity contribution in [1.82, 2.24) is 15.5 Å². The van der Waals surface area contributed by atoms with E-state index in [1.807, 2.05) is 50.2 Å². The number of carbonyl (C=O) groups excluding carboxylic acids is 3. The maximum Gasteiger partial charge on any atom is 0.272 e. The Morgan fingerprint density at radius 1 is 0.975 bits per heavy atom. The molecule has 0 radical (unpaired) electrons. The van der Waals surface area contributed by atoms with Gasteiger partial charge in [-0.2, -0.15) is 0 Å². The molecular formula is C29H26BrN5O3S2. The van der Waals surface area contributed by atoms with E-state index in [1.54, 1.807) is 48.5 Å². The van der Waals surface area contributed by atoms with Gasteiger partial charge in [0, 0.05) is 20.6 Å². The van der Waals surface area contributed by atoms with Gasteiger partial charge in [-0.1, -0.05) is 70.6 Å². The average molecular weight is 637 g/mol. The Balaban J connectivity index is 1.50. The largest absolute Gasteiger partial charge is 0.321 e. The van der Waals surface area contributed by atoms with Crippen LogP contribution in [0.15, 0.2) is 93.9 Å². The molecule has 0 spiro atoms. The minimum atomic E-state index is -0.483. The molecule has 4 rings (SSSR count). The summed E-state index contributed by atoms with van der Waals surface area (Å²) in [6.45, 7) is 3.76. The van der Waals surface area contributed by atoms with E-state index in [2.05, 4.69) is 42.1 Å². The molecule has 4 aromatic rings. The molecule has 1 heterocycles. The van der Waals surface area contributed by atoms with Gasteiger partial charge in [-0.3, -0.25) is 19.7 Å². The molecule has 3 N–H and O–H groups in total. The van der Waals surface area contributed by atoms with Crippen molar-refractivity contribution in [2.75, 3.05) is 10.6 Å². The van der Waals surface area contributed by atoms with Crippen molar-refractivity contribution in [2.45, 2.75) is 30.4 Å². The van der Waals surface area contributed by atoms with Crippen molar-refractivity contribution in [1.29, 1.82) is 0 Å². The van der Waals surface area contributed by atoms with E-state index in [0.29, 0.717) is 22.8 Å². The Morgan fingerprint density at radius 2 is 1.75 bits per heavy atom. The van der Waals surface area contributed by atoms with Gasteiger partial charge in [0.15, 0.2) is 0 Å². The third-order valence-electron chi connectivity index (χ3n) is 5.48. The van der Waals surface area contributed by atoms with Gasteiger partial charge < -0.3 is 10.6 Å². The van der Waals surface area contributed by atoms with Crippen LogP contribution in [0.25, 0.3) is 6.08 Å². The summed E-state index contributed by atoms with van der Waals surface area (Å²) in [5.41, 5.74) is 1.78. The zero-order chi connectivity index (χ0) is 28.5. The van der Waals surface area contributed by atoms with Gasteiger partial charge in [0.05, 0.1) is 5.25 Å². The number of hydrogen-bond acceptors (Lipinski definition) is 7. The summed E-state index contributed by atoms with van der Waals surface area (Å²) in [4.78, 5) is 39.9. The minimum absolute atomic E-state index is 0.0863. The first-order valence-electron chi connectivity index (χ1n) is 12.3. The number of anilines is 2. The van der Waals surface area contributed by atoms with Gasteiger partial charge in [-0.05, 0) is 67.4 Å². The van der Waals surface area contributed by atoms with Crippen LogP contribution in [-0.4, -0.2) is 33.2 Å². The van der Waals surface area contributed by atoms with Crippen LogP contribution < -0.4 is 16.0 Å². The highest BCUT2D eigenvalue weighted by Gasteiger charge is 2.20. The van der Waals surface area contributed by atoms with Crippen LogP contribution in [0.3, 0.4) is 0 Å². The number of thioether (sulfide) groups is 1. The highest BCUT2D eigenvalue weighted by Crippen LogP contribution is 2.29. The lowest BCUT2D eigenvalue weighted by atomic mass is 10.1. The lowest BCUT2D eigenvalue weighted by molar-refractivity contribution is -0.116. The summed E-state index contributed by atoms with van der Waals surface area (Å²) in [5, 5.41) is 17.2. The van der Waals surface area contributed by atoms with E-state index < -0.39 is 11.8 Å². The van der Waals surface area contributed by atoms with Gasteiger partial charge in [0.2, 0.25) is 11.0 Å². The molecule has 3 amide bonds. The van der Waals surface area contributed by atoms with Crippen LogP contribution in [0, 0.1) is 6.92 Å². The summed E-state index contributed by atoms with van der Waals surface area (Å²) in [6.07, 6.45) is 2.21. The third kappa shape index (κ3) is 8.35. The number of carbonyl (C=O) groups is 3. The monoisotopic (exact) mass is 635 g/mol. The number of aromatic nitrogens is 2. The van der Waals surface area contributed by atoms with Crippen LogP contribution in [0.1, 0.15) is 34.3 Å². The third-order valence-corrected chi connectivity index (χ3v) is 8.08. The second-order valence-electron chi connectivity index (χ2n) is 8.55. The Morgan fingerprint density at radius 3 is 2.45 bits per heavy atom. The van der Waals surface area contributed by atoms with E-state index in [-0.39, 0.29) is 16.9 Å². The SMILES string of the molecule is CCC(Sc1cccc(NC(=O)/C(=C\c2cccc(Br)c2)NC(=O)c2ccccc2)c1)C(=O)Nc1nnc(C)s1. The van der Waals surface area contributed by atoms with Crippen LogP contribution in [0.2, 0.25) is 0 Å². The van der Waals surface area contributed by atoms with Crippen molar-refractivity contribution < 1.29 is 14.4 Å². The molecule has 0 saturated heterocycles. The Labute approximate surface area is 248 Å². The molecule has 0 saturated carbocycles. The zero-order valence-electron chi connectivity index (χ0n) is 21.7. The predicted molar refractivity (Wildman–Crippen MR) is 164 cm³/mol. The zero-order valence-corrected chi connectivity index (χ0v) is 24.9. The fourth-order valence-corrected chi connectivity index (χ4v) is 5.60. The van der Waals surface area contributed by atoms with Gasteiger partial charge in [0.25, 0.3) is 11.8 Å². The van der Waals surface area contributed by atoms with E-state index in [0.717, 1.165) is 19.9 Å². The summed E-state index contributed by atoms with van der Waals surface area (Å²) in [7, 11) is 0. The molecule has 3 aromatic carbocycles. The average Bonchev–Trinajstić information content (AvgIpc) is 3.36. The minimum Gasteiger partial charge on any atom is -0.321 e. The number of nitrogens with one attached hydrogen (secondary N) is 3. The lowest BCUT2D eigenvalue weighted by Crippen LogP contribution is -2.30. The van der Waals surface area contributed by atoms with E-state index in [4.69, 9.17) is 0 Å². The molecule has 0 aliphatic rings. The standard InChI is InChI=1S/C29H26BrN5O3S2/c1-3-25(28(38)33-29-35-34-18(2)39-29)40-23-14-8-13-22(17-23)31-27(37)24(16-19-9-7-12-21(30)15-19)32-26(36)20-10-5-4-6-11-20/h4-17,25H,3H2,1-2H3,(H,31,37)(H,32,36)(H,33,35,38)/b24-16+. The van der Waals surface area contributed by atoms with Crippen LogP contribution >= 0.6 is 39.0 Å². The number of benzene rings is 3. The number of nitrogens with zero attached hydrogens (tertiary/aromatic N) is 2. The molecule has 204 valence electrons. The highest BCUT2D eigenvalue weighted by atomic mass is 79.9. The second-order valence-corrected chi connectivity index (χ2v) is 11.9. The van der Waals surface area contributed by atoms with Crippen LogP contribution in [0.5, 0.6) is 0 Å². The van der Waals surface area contributed by atoms with Crippen molar-refractivity contribution in [3.05, 3.63) is 105 Å². The molecule has 0 bridgehead atoms. The van der Waals surface area contributed by atoms with Gasteiger partial charge in [-0.25, -0.2) is 0 Å². The summed E-state index contributed by atoms with van der Waals surface area (Å²) >= 11 is 6.14. The molecule has 0 aliphatic carbocycles. The van der Waals surface area contributed by atoms with Crippen molar-refractivity contribution in [3.63, 3.8) is 0 Å². The molecular weight excluding hydrogens is 610 g/mol. The fraction of sp³-hybridized carbons (Fsp3) is 0.138. The maximum absolute atomic E-state index is 13.4. The fourth-order valence-electron chi connectivity index (χ4n) is 3.57. The number of rotatable bonds is 10. The quantitative estimate of drug-likeness (QED) is 0.135. The molecule has 1 aromatic heterocycles. The predicted octanol–water partition coefficient (Wildman–Crippen LogP) is 6.53. The molecule has 11 heteroatoms. The molecule has 0 aliphatic heterocycles. The number of aryl methyl sites for hydroxylation is 1. The number of amides is 3.